The zero-order valence-electron chi connectivity index (χ0n) is 16.9. The lowest BCUT2D eigenvalue weighted by Gasteiger charge is -2.47. The third-order valence-corrected chi connectivity index (χ3v) is 6.48. The third kappa shape index (κ3) is 8.11. The maximum Gasteiger partial charge on any atom is 0.320 e. The molecule has 0 aliphatic carbocycles. The fourth-order valence-electron chi connectivity index (χ4n) is 3.71. The van der Waals surface area contributed by atoms with Crippen LogP contribution in [0.5, 0.6) is 0 Å². The molecule has 5 atom stereocenters. The van der Waals surface area contributed by atoms with Crippen molar-refractivity contribution < 1.29 is 24.9 Å². The summed E-state index contributed by atoms with van der Waals surface area (Å²) in [6.07, 6.45) is 2.57. The predicted molar refractivity (Wildman–Crippen MR) is 110 cm³/mol. The normalized spacial score (nSPS) is 27.3. The first-order chi connectivity index (χ1) is 12.6. The molecule has 7 heteroatoms. The maximum atomic E-state index is 10.8. The van der Waals surface area contributed by atoms with Crippen LogP contribution in [0.4, 0.5) is 0 Å². The first kappa shape index (κ1) is 24.4. The molecular weight excluding hydrogens is 366 g/mol. The summed E-state index contributed by atoms with van der Waals surface area (Å²) in [6, 6.07) is -0.849. The number of nitrogens with two attached hydrogens (primary N) is 1. The van der Waals surface area contributed by atoms with Crippen LogP contribution in [0.3, 0.4) is 0 Å². The van der Waals surface area contributed by atoms with Gasteiger partial charge in [0.1, 0.15) is 12.1 Å². The Hall–Kier alpha value is -0.600. The molecule has 1 saturated heterocycles. The van der Waals surface area contributed by atoms with Gasteiger partial charge in [-0.25, -0.2) is 0 Å². The van der Waals surface area contributed by atoms with Crippen molar-refractivity contribution in [2.75, 3.05) is 18.1 Å². The standard InChI is InChI=1S/C20H37NO5S/c1-13(2)7-5-6-9-20(3,4)17-16(26-11-15(22)18(17)23)12-27-10-8-14(21)19(24)25/h14-18,22-23H,1,5-12,21H2,2-4H3,(H,24,25). The second kappa shape index (κ2) is 11.4. The molecule has 0 amide bonds. The van der Waals surface area contributed by atoms with Gasteiger partial charge in [0.05, 0.1) is 18.8 Å². The quantitative estimate of drug-likeness (QED) is 0.292. The summed E-state index contributed by atoms with van der Waals surface area (Å²) in [4.78, 5) is 10.8. The van der Waals surface area contributed by atoms with Gasteiger partial charge in [-0.2, -0.15) is 11.8 Å². The van der Waals surface area contributed by atoms with E-state index in [1.807, 2.05) is 6.92 Å². The fraction of sp³-hybridized carbons (Fsp3) is 0.850. The van der Waals surface area contributed by atoms with E-state index in [9.17, 15) is 15.0 Å². The number of rotatable bonds is 12. The van der Waals surface area contributed by atoms with Gasteiger partial charge in [-0.3, -0.25) is 4.79 Å². The first-order valence-electron chi connectivity index (χ1n) is 9.74. The summed E-state index contributed by atoms with van der Waals surface area (Å²) in [5, 5.41) is 29.6. The average molecular weight is 404 g/mol. The summed E-state index contributed by atoms with van der Waals surface area (Å²) >= 11 is 1.59. The molecule has 0 radical (unpaired) electrons. The van der Waals surface area contributed by atoms with Gasteiger partial charge < -0.3 is 25.8 Å². The molecule has 1 rings (SSSR count). The molecule has 1 aliphatic heterocycles. The summed E-state index contributed by atoms with van der Waals surface area (Å²) in [6.45, 7) is 10.3. The molecule has 0 aromatic rings. The number of ether oxygens (including phenoxy) is 1. The molecule has 1 heterocycles. The molecular formula is C20H37NO5S. The minimum atomic E-state index is -0.989. The molecule has 0 spiro atoms. The van der Waals surface area contributed by atoms with Crippen molar-refractivity contribution in [3.05, 3.63) is 12.2 Å². The van der Waals surface area contributed by atoms with Gasteiger partial charge in [0.2, 0.25) is 0 Å². The van der Waals surface area contributed by atoms with Crippen molar-refractivity contribution >= 4 is 17.7 Å². The Labute approximate surface area is 167 Å². The van der Waals surface area contributed by atoms with Gasteiger partial charge in [-0.05, 0) is 43.8 Å². The Morgan fingerprint density at radius 2 is 2.04 bits per heavy atom. The van der Waals surface area contributed by atoms with Crippen molar-refractivity contribution in [1.82, 2.24) is 0 Å². The topological polar surface area (TPSA) is 113 Å². The molecule has 5 unspecified atom stereocenters. The van der Waals surface area contributed by atoms with E-state index in [2.05, 4.69) is 20.4 Å². The van der Waals surface area contributed by atoms with Crippen LogP contribution in [0.1, 0.15) is 52.9 Å². The van der Waals surface area contributed by atoms with Crippen molar-refractivity contribution in [3.8, 4) is 0 Å². The molecule has 158 valence electrons. The molecule has 6 nitrogen and oxygen atoms in total. The summed E-state index contributed by atoms with van der Waals surface area (Å²) in [5.74, 6) is 0.108. The lowest BCUT2D eigenvalue weighted by molar-refractivity contribution is -0.180. The van der Waals surface area contributed by atoms with Gasteiger partial charge in [-0.1, -0.05) is 25.8 Å². The van der Waals surface area contributed by atoms with Crippen LogP contribution in [0.15, 0.2) is 12.2 Å². The number of hydrogen-bond acceptors (Lipinski definition) is 6. The number of carboxylic acid groups (broad SMARTS) is 1. The Kier molecular flexibility index (Phi) is 10.3. The number of unbranched alkanes of at least 4 members (excludes halogenated alkanes) is 1. The van der Waals surface area contributed by atoms with Gasteiger partial charge in [0.15, 0.2) is 0 Å². The van der Waals surface area contributed by atoms with E-state index < -0.39 is 24.2 Å². The highest BCUT2D eigenvalue weighted by atomic mass is 32.2. The monoisotopic (exact) mass is 403 g/mol. The minimum absolute atomic E-state index is 0.128. The predicted octanol–water partition coefficient (Wildman–Crippen LogP) is 2.42. The van der Waals surface area contributed by atoms with Crippen molar-refractivity contribution in [2.24, 2.45) is 17.1 Å². The number of thioether (sulfide) groups is 1. The molecule has 5 N–H and O–H groups in total. The Bertz CT molecular complexity index is 485. The summed E-state index contributed by atoms with van der Waals surface area (Å²) in [5.41, 5.74) is 6.54. The Balaban J connectivity index is 2.62. The van der Waals surface area contributed by atoms with Crippen LogP contribution in [-0.4, -0.2) is 63.8 Å². The Morgan fingerprint density at radius 3 is 2.63 bits per heavy atom. The molecule has 0 aromatic carbocycles. The Morgan fingerprint density at radius 1 is 1.37 bits per heavy atom. The van der Waals surface area contributed by atoms with Crippen molar-refractivity contribution in [1.29, 1.82) is 0 Å². The molecule has 27 heavy (non-hydrogen) atoms. The lowest BCUT2D eigenvalue weighted by atomic mass is 9.68. The molecule has 1 fully saturated rings. The van der Waals surface area contributed by atoms with Gasteiger partial charge in [0, 0.05) is 11.7 Å². The van der Waals surface area contributed by atoms with Crippen LogP contribution in [0.25, 0.3) is 0 Å². The van der Waals surface area contributed by atoms with Crippen molar-refractivity contribution in [3.63, 3.8) is 0 Å². The fourth-order valence-corrected chi connectivity index (χ4v) is 4.83. The lowest BCUT2D eigenvalue weighted by Crippen LogP contribution is -2.55. The number of carbonyl (C=O) groups is 1. The van der Waals surface area contributed by atoms with E-state index in [-0.39, 0.29) is 24.0 Å². The summed E-state index contributed by atoms with van der Waals surface area (Å²) < 4.78 is 5.87. The highest BCUT2D eigenvalue weighted by molar-refractivity contribution is 7.99. The smallest absolute Gasteiger partial charge is 0.320 e. The highest BCUT2D eigenvalue weighted by Crippen LogP contribution is 2.42. The highest BCUT2D eigenvalue weighted by Gasteiger charge is 2.46. The molecule has 1 aliphatic rings. The van der Waals surface area contributed by atoms with Crippen LogP contribution >= 0.6 is 11.8 Å². The van der Waals surface area contributed by atoms with Crippen LogP contribution in [0, 0.1) is 11.3 Å². The first-order valence-corrected chi connectivity index (χ1v) is 10.9. The van der Waals surface area contributed by atoms with E-state index >= 15 is 0 Å². The molecule has 0 bridgehead atoms. The van der Waals surface area contributed by atoms with E-state index in [0.717, 1.165) is 25.7 Å². The number of aliphatic hydroxyl groups is 2. The molecule has 0 aromatic heterocycles. The van der Waals surface area contributed by atoms with Crippen LogP contribution in [-0.2, 0) is 9.53 Å². The van der Waals surface area contributed by atoms with E-state index in [1.165, 1.54) is 5.57 Å². The number of hydrogen-bond donors (Lipinski definition) is 4. The summed E-state index contributed by atoms with van der Waals surface area (Å²) in [7, 11) is 0. The van der Waals surface area contributed by atoms with E-state index in [1.54, 1.807) is 11.8 Å². The van der Waals surface area contributed by atoms with Gasteiger partial charge in [0.25, 0.3) is 0 Å². The number of aliphatic hydroxyl groups excluding tert-OH is 2. The number of aliphatic carboxylic acids is 1. The van der Waals surface area contributed by atoms with E-state index in [0.29, 0.717) is 17.9 Å². The maximum absolute atomic E-state index is 10.8. The number of allylic oxidation sites excluding steroid dienone is 1. The number of carboxylic acids is 1. The minimum Gasteiger partial charge on any atom is -0.480 e. The van der Waals surface area contributed by atoms with Gasteiger partial charge in [-0.15, -0.1) is 6.58 Å². The molecule has 0 saturated carbocycles. The zero-order valence-corrected chi connectivity index (χ0v) is 17.7. The van der Waals surface area contributed by atoms with Crippen LogP contribution in [0.2, 0.25) is 0 Å². The zero-order chi connectivity index (χ0) is 20.6. The van der Waals surface area contributed by atoms with E-state index in [4.69, 9.17) is 15.6 Å². The average Bonchev–Trinajstić information content (AvgIpc) is 2.57. The van der Waals surface area contributed by atoms with Crippen molar-refractivity contribution in [2.45, 2.75) is 77.2 Å². The van der Waals surface area contributed by atoms with Crippen LogP contribution < -0.4 is 5.73 Å². The third-order valence-electron chi connectivity index (χ3n) is 5.39. The SMILES string of the molecule is C=C(C)CCCCC(C)(C)C1C(CSCCC(N)C(=O)O)OCC(O)C1O. The van der Waals surface area contributed by atoms with Gasteiger partial charge >= 0.3 is 5.97 Å². The largest absolute Gasteiger partial charge is 0.480 e. The second-order valence-electron chi connectivity index (χ2n) is 8.42. The second-order valence-corrected chi connectivity index (χ2v) is 9.57.